The van der Waals surface area contributed by atoms with Crippen LogP contribution in [-0.2, 0) is 16.1 Å². The second-order valence-electron chi connectivity index (χ2n) is 5.16. The summed E-state index contributed by atoms with van der Waals surface area (Å²) in [6.07, 6.45) is 1.13. The number of carbonyl (C=O) groups excluding carboxylic acids is 1. The molecule has 2 aromatic rings. The number of morpholine rings is 1. The zero-order chi connectivity index (χ0) is 16.2. The Morgan fingerprint density at radius 2 is 2.25 bits per heavy atom. The first-order valence-corrected chi connectivity index (χ1v) is 7.98. The van der Waals surface area contributed by atoms with E-state index in [1.54, 1.807) is 29.1 Å². The number of nitrogens with one attached hydrogen (secondary N) is 2. The summed E-state index contributed by atoms with van der Waals surface area (Å²) in [5.41, 5.74) is 0.867. The van der Waals surface area contributed by atoms with Crippen molar-refractivity contribution in [2.45, 2.75) is 12.6 Å². The fourth-order valence-corrected chi connectivity index (χ4v) is 2.78. The molecule has 1 aliphatic rings. The number of ether oxygens (including phenoxy) is 1. The molecule has 1 aliphatic heterocycles. The van der Waals surface area contributed by atoms with Crippen molar-refractivity contribution in [3.05, 3.63) is 46.1 Å². The minimum Gasteiger partial charge on any atom is -0.366 e. The number of hydrogen-bond donors (Lipinski definition) is 2. The highest BCUT2D eigenvalue weighted by Crippen LogP contribution is 2.22. The Hall–Kier alpha value is -1.31. The van der Waals surface area contributed by atoms with Crippen molar-refractivity contribution in [3.8, 4) is 0 Å². The summed E-state index contributed by atoms with van der Waals surface area (Å²) in [6.45, 7) is 2.22. The van der Waals surface area contributed by atoms with Gasteiger partial charge >= 0.3 is 0 Å². The lowest BCUT2D eigenvalue weighted by atomic mass is 10.2. The van der Waals surface area contributed by atoms with Crippen molar-refractivity contribution >= 4 is 47.3 Å². The summed E-state index contributed by atoms with van der Waals surface area (Å²) in [7, 11) is 0. The summed E-state index contributed by atoms with van der Waals surface area (Å²) in [5, 5.41) is 11.3. The molecule has 2 heterocycles. The van der Waals surface area contributed by atoms with Crippen molar-refractivity contribution in [1.29, 1.82) is 0 Å². The van der Waals surface area contributed by atoms with E-state index in [1.807, 2.05) is 6.07 Å². The molecule has 0 radical (unpaired) electrons. The van der Waals surface area contributed by atoms with Crippen LogP contribution < -0.4 is 10.6 Å². The highest BCUT2D eigenvalue weighted by Gasteiger charge is 2.22. The van der Waals surface area contributed by atoms with Crippen molar-refractivity contribution in [2.24, 2.45) is 0 Å². The Kier molecular flexibility index (Phi) is 6.89. The molecule has 0 saturated carbocycles. The Balaban J connectivity index is 0.00000208. The predicted molar refractivity (Wildman–Crippen MR) is 96.3 cm³/mol. The third kappa shape index (κ3) is 4.62. The van der Waals surface area contributed by atoms with Crippen LogP contribution in [0.5, 0.6) is 0 Å². The van der Waals surface area contributed by atoms with E-state index in [-0.39, 0.29) is 18.3 Å². The van der Waals surface area contributed by atoms with Crippen LogP contribution in [0.25, 0.3) is 0 Å². The molecule has 6 nitrogen and oxygen atoms in total. The molecule has 3 rings (SSSR count). The first-order chi connectivity index (χ1) is 11.1. The van der Waals surface area contributed by atoms with Crippen LogP contribution in [0.4, 0.5) is 5.82 Å². The first kappa shape index (κ1) is 19.0. The van der Waals surface area contributed by atoms with E-state index < -0.39 is 6.10 Å². The smallest absolute Gasteiger partial charge is 0.255 e. The minimum atomic E-state index is -0.494. The number of aromatic nitrogens is 2. The van der Waals surface area contributed by atoms with Crippen LogP contribution in [0.2, 0.25) is 10.0 Å². The van der Waals surface area contributed by atoms with E-state index in [9.17, 15) is 4.79 Å². The summed E-state index contributed by atoms with van der Waals surface area (Å²) in [6, 6.07) is 7.03. The van der Waals surface area contributed by atoms with Gasteiger partial charge in [0.1, 0.15) is 11.9 Å². The third-order valence-corrected chi connectivity index (χ3v) is 4.11. The van der Waals surface area contributed by atoms with E-state index in [0.29, 0.717) is 35.6 Å². The van der Waals surface area contributed by atoms with Crippen molar-refractivity contribution < 1.29 is 9.53 Å². The molecule has 1 aromatic heterocycles. The van der Waals surface area contributed by atoms with E-state index in [1.165, 1.54) is 0 Å². The molecule has 0 aliphatic carbocycles. The van der Waals surface area contributed by atoms with Gasteiger partial charge in [0.25, 0.3) is 5.91 Å². The predicted octanol–water partition coefficient (Wildman–Crippen LogP) is 2.59. The molecule has 1 atom stereocenters. The van der Waals surface area contributed by atoms with Crippen LogP contribution in [0.1, 0.15) is 5.56 Å². The Morgan fingerprint density at radius 1 is 1.42 bits per heavy atom. The van der Waals surface area contributed by atoms with Crippen molar-refractivity contribution in [2.75, 3.05) is 25.0 Å². The van der Waals surface area contributed by atoms with Gasteiger partial charge in [-0.25, -0.2) is 4.68 Å². The topological polar surface area (TPSA) is 68.2 Å². The molecule has 1 saturated heterocycles. The van der Waals surface area contributed by atoms with Gasteiger partial charge in [-0.2, -0.15) is 5.10 Å². The number of anilines is 1. The monoisotopic (exact) mass is 390 g/mol. The number of carbonyl (C=O) groups is 1. The minimum absolute atomic E-state index is 0. The summed E-state index contributed by atoms with van der Waals surface area (Å²) in [4.78, 5) is 12.2. The second kappa shape index (κ2) is 8.69. The van der Waals surface area contributed by atoms with Crippen molar-refractivity contribution in [1.82, 2.24) is 15.1 Å². The highest BCUT2D eigenvalue weighted by molar-refractivity contribution is 6.35. The molecule has 24 heavy (non-hydrogen) atoms. The lowest BCUT2D eigenvalue weighted by molar-refractivity contribution is -0.128. The standard InChI is InChI=1S/C15H16Cl2N4O2.ClH/c16-11-2-1-10(12(17)7-11)9-21-14(3-4-19-21)20-15(22)13-8-18-5-6-23-13;/h1-4,7,13,18H,5-6,8-9H2,(H,20,22);1H. The van der Waals surface area contributed by atoms with Gasteiger partial charge in [0.05, 0.1) is 19.3 Å². The SMILES string of the molecule is Cl.O=C(Nc1ccnn1Cc1ccc(Cl)cc1Cl)C1CNCCO1. The van der Waals surface area contributed by atoms with Crippen LogP contribution in [0.15, 0.2) is 30.5 Å². The average molecular weight is 392 g/mol. The van der Waals surface area contributed by atoms with E-state index >= 15 is 0 Å². The molecule has 9 heteroatoms. The van der Waals surface area contributed by atoms with Gasteiger partial charge < -0.3 is 15.4 Å². The third-order valence-electron chi connectivity index (χ3n) is 3.52. The normalized spacial score (nSPS) is 17.2. The lowest BCUT2D eigenvalue weighted by Gasteiger charge is -2.22. The summed E-state index contributed by atoms with van der Waals surface area (Å²) in [5.74, 6) is 0.399. The Labute approximate surface area is 155 Å². The number of benzene rings is 1. The van der Waals surface area contributed by atoms with Gasteiger partial charge in [-0.3, -0.25) is 4.79 Å². The van der Waals surface area contributed by atoms with Crippen LogP contribution in [0.3, 0.4) is 0 Å². The lowest BCUT2D eigenvalue weighted by Crippen LogP contribution is -2.45. The van der Waals surface area contributed by atoms with Gasteiger partial charge in [0.2, 0.25) is 0 Å². The Bertz CT molecular complexity index is 702. The highest BCUT2D eigenvalue weighted by atomic mass is 35.5. The molecule has 1 aromatic carbocycles. The maximum absolute atomic E-state index is 12.2. The summed E-state index contributed by atoms with van der Waals surface area (Å²) >= 11 is 12.1. The number of rotatable bonds is 4. The molecule has 0 spiro atoms. The van der Waals surface area contributed by atoms with E-state index in [0.717, 1.165) is 12.1 Å². The molecule has 1 fully saturated rings. The van der Waals surface area contributed by atoms with Crippen molar-refractivity contribution in [3.63, 3.8) is 0 Å². The number of amides is 1. The Morgan fingerprint density at radius 3 is 2.96 bits per heavy atom. The quantitative estimate of drug-likeness (QED) is 0.840. The number of nitrogens with zero attached hydrogens (tertiary/aromatic N) is 2. The molecule has 130 valence electrons. The molecule has 1 unspecified atom stereocenters. The zero-order valence-corrected chi connectivity index (χ0v) is 15.0. The fourth-order valence-electron chi connectivity index (χ4n) is 2.32. The van der Waals surface area contributed by atoms with Crippen LogP contribution in [-0.4, -0.2) is 41.5 Å². The number of halogens is 3. The van der Waals surface area contributed by atoms with Gasteiger partial charge in [-0.15, -0.1) is 12.4 Å². The van der Waals surface area contributed by atoms with Crippen LogP contribution in [0, 0.1) is 0 Å². The summed E-state index contributed by atoms with van der Waals surface area (Å²) < 4.78 is 7.11. The maximum atomic E-state index is 12.2. The van der Waals surface area contributed by atoms with Gasteiger partial charge in [0, 0.05) is 29.2 Å². The molecular weight excluding hydrogens is 375 g/mol. The zero-order valence-electron chi connectivity index (χ0n) is 12.7. The van der Waals surface area contributed by atoms with E-state index in [4.69, 9.17) is 27.9 Å². The van der Waals surface area contributed by atoms with Gasteiger partial charge in [0.15, 0.2) is 0 Å². The van der Waals surface area contributed by atoms with Crippen LogP contribution >= 0.6 is 35.6 Å². The van der Waals surface area contributed by atoms with Gasteiger partial charge in [-0.1, -0.05) is 29.3 Å². The maximum Gasteiger partial charge on any atom is 0.255 e. The fraction of sp³-hybridized carbons (Fsp3) is 0.333. The van der Waals surface area contributed by atoms with Gasteiger partial charge in [-0.05, 0) is 17.7 Å². The second-order valence-corrected chi connectivity index (χ2v) is 6.01. The molecule has 0 bridgehead atoms. The average Bonchev–Trinajstić information content (AvgIpc) is 2.98. The number of hydrogen-bond acceptors (Lipinski definition) is 4. The molecular formula is C15H17Cl3N4O2. The van der Waals surface area contributed by atoms with E-state index in [2.05, 4.69) is 15.7 Å². The largest absolute Gasteiger partial charge is 0.366 e. The first-order valence-electron chi connectivity index (χ1n) is 7.22. The molecule has 1 amide bonds. The molecule has 2 N–H and O–H groups in total.